The minimum absolute atomic E-state index is 0.0758. The fourth-order valence-corrected chi connectivity index (χ4v) is 4.80. The summed E-state index contributed by atoms with van der Waals surface area (Å²) < 4.78 is 26.6. The smallest absolute Gasteiger partial charge is 0.239 e. The van der Waals surface area contributed by atoms with Gasteiger partial charge in [0.05, 0.1) is 23.2 Å². The molecule has 10 heteroatoms. The van der Waals surface area contributed by atoms with E-state index in [0.29, 0.717) is 29.1 Å². The molecule has 0 saturated heterocycles. The van der Waals surface area contributed by atoms with Gasteiger partial charge in [-0.1, -0.05) is 42.8 Å². The average molecular weight is 518 g/mol. The van der Waals surface area contributed by atoms with Gasteiger partial charge in [0.25, 0.3) is 0 Å². The van der Waals surface area contributed by atoms with Gasteiger partial charge in [0.2, 0.25) is 5.88 Å². The standard InChI is InChI=1S/C23H26ClN5O3S.C2H6/c1-4-31-21-11-16(24)5-10-19(21)20-12-22(26-13-25-20)27-17-6-8-18(9-7-17)33(30)29-23-14(2)15(3)28-32-23;1-2/h5-6,8,10-13,17-18,29H,4,7,9H2,1-3H3,(H,25,26,27);1-2H3. The highest BCUT2D eigenvalue weighted by Gasteiger charge is 2.23. The van der Waals surface area contributed by atoms with Gasteiger partial charge < -0.3 is 14.6 Å². The topological polar surface area (TPSA) is 102 Å². The van der Waals surface area contributed by atoms with E-state index >= 15 is 0 Å². The summed E-state index contributed by atoms with van der Waals surface area (Å²) in [5.74, 6) is 1.85. The van der Waals surface area contributed by atoms with E-state index in [1.54, 1.807) is 6.07 Å². The second kappa shape index (κ2) is 12.7. The molecule has 0 spiro atoms. The Morgan fingerprint density at radius 1 is 1.17 bits per heavy atom. The van der Waals surface area contributed by atoms with Crippen molar-refractivity contribution in [2.24, 2.45) is 0 Å². The van der Waals surface area contributed by atoms with Crippen LogP contribution in [0.3, 0.4) is 0 Å². The Morgan fingerprint density at radius 3 is 2.63 bits per heavy atom. The van der Waals surface area contributed by atoms with Crippen molar-refractivity contribution in [3.05, 3.63) is 59.0 Å². The third-order valence-electron chi connectivity index (χ3n) is 5.47. The van der Waals surface area contributed by atoms with Gasteiger partial charge in [-0.25, -0.2) is 14.2 Å². The Hall–Kier alpha value is -2.91. The highest BCUT2D eigenvalue weighted by molar-refractivity contribution is 7.87. The number of ether oxygens (including phenoxy) is 1. The second-order valence-electron chi connectivity index (χ2n) is 7.74. The third kappa shape index (κ3) is 6.82. The van der Waals surface area contributed by atoms with Crippen molar-refractivity contribution >= 4 is 34.3 Å². The first-order valence-electron chi connectivity index (χ1n) is 11.7. The zero-order valence-corrected chi connectivity index (χ0v) is 22.2. The van der Waals surface area contributed by atoms with Crippen LogP contribution in [0, 0.1) is 13.8 Å². The summed E-state index contributed by atoms with van der Waals surface area (Å²) in [7, 11) is -1.30. The summed E-state index contributed by atoms with van der Waals surface area (Å²) in [6.07, 6.45) is 7.09. The van der Waals surface area contributed by atoms with Crippen LogP contribution in [-0.4, -0.2) is 37.2 Å². The first kappa shape index (κ1) is 26.7. The maximum absolute atomic E-state index is 12.7. The zero-order valence-electron chi connectivity index (χ0n) is 20.7. The molecule has 4 rings (SSSR count). The van der Waals surface area contributed by atoms with E-state index in [2.05, 4.69) is 25.2 Å². The van der Waals surface area contributed by atoms with Crippen molar-refractivity contribution < 1.29 is 13.5 Å². The molecule has 2 heterocycles. The van der Waals surface area contributed by atoms with Crippen LogP contribution in [0.4, 0.5) is 11.7 Å². The Labute approximate surface area is 214 Å². The van der Waals surface area contributed by atoms with E-state index in [0.717, 1.165) is 35.4 Å². The molecule has 0 aliphatic heterocycles. The van der Waals surface area contributed by atoms with Crippen LogP contribution in [0.5, 0.6) is 5.75 Å². The molecule has 1 aliphatic rings. The Bertz CT molecular complexity index is 1180. The van der Waals surface area contributed by atoms with Gasteiger partial charge in [-0.3, -0.25) is 4.72 Å². The molecule has 3 unspecified atom stereocenters. The number of hydrogen-bond donors (Lipinski definition) is 2. The third-order valence-corrected chi connectivity index (χ3v) is 7.03. The summed E-state index contributed by atoms with van der Waals surface area (Å²) >= 11 is 6.12. The van der Waals surface area contributed by atoms with Crippen LogP contribution < -0.4 is 14.8 Å². The van der Waals surface area contributed by atoms with Crippen molar-refractivity contribution in [2.45, 2.75) is 58.8 Å². The Morgan fingerprint density at radius 2 is 1.97 bits per heavy atom. The molecule has 0 bridgehead atoms. The zero-order chi connectivity index (χ0) is 25.4. The Kier molecular flexibility index (Phi) is 9.68. The minimum atomic E-state index is -1.30. The summed E-state index contributed by atoms with van der Waals surface area (Å²) in [4.78, 5) is 8.76. The molecule has 0 radical (unpaired) electrons. The van der Waals surface area contributed by atoms with Gasteiger partial charge in [-0.05, 0) is 51.8 Å². The molecule has 3 aromatic rings. The van der Waals surface area contributed by atoms with E-state index in [-0.39, 0.29) is 11.3 Å². The van der Waals surface area contributed by atoms with Gasteiger partial charge in [0, 0.05) is 28.3 Å². The molecular formula is C25H32ClN5O3S. The van der Waals surface area contributed by atoms with Gasteiger partial charge in [0.15, 0.2) is 0 Å². The fraction of sp³-hybridized carbons (Fsp3) is 0.400. The molecular weight excluding hydrogens is 486 g/mol. The molecule has 188 valence electrons. The lowest BCUT2D eigenvalue weighted by atomic mass is 10.0. The van der Waals surface area contributed by atoms with Gasteiger partial charge in [0.1, 0.15) is 28.9 Å². The van der Waals surface area contributed by atoms with Crippen LogP contribution in [0.25, 0.3) is 11.3 Å². The van der Waals surface area contributed by atoms with E-state index in [4.69, 9.17) is 20.9 Å². The molecule has 2 N–H and O–H groups in total. The van der Waals surface area contributed by atoms with Crippen LogP contribution >= 0.6 is 11.6 Å². The SMILES string of the molecule is CC.CCOc1cc(Cl)ccc1-c1cc(NC2C=CC(S(=O)Nc3onc(C)c3C)CC2)ncn1. The van der Waals surface area contributed by atoms with Crippen molar-refractivity contribution in [2.75, 3.05) is 16.6 Å². The first-order valence-corrected chi connectivity index (χ1v) is 13.3. The average Bonchev–Trinajstić information content (AvgIpc) is 3.18. The monoisotopic (exact) mass is 517 g/mol. The number of aromatic nitrogens is 3. The van der Waals surface area contributed by atoms with Gasteiger partial charge >= 0.3 is 0 Å². The molecule has 0 saturated carbocycles. The fourth-order valence-electron chi connectivity index (χ4n) is 3.53. The van der Waals surface area contributed by atoms with E-state index in [9.17, 15) is 4.21 Å². The molecule has 2 aromatic heterocycles. The molecule has 0 amide bonds. The highest BCUT2D eigenvalue weighted by atomic mass is 35.5. The van der Waals surface area contributed by atoms with Crippen molar-refractivity contribution in [1.82, 2.24) is 15.1 Å². The van der Waals surface area contributed by atoms with Crippen LogP contribution in [0.15, 0.2) is 47.3 Å². The predicted molar refractivity (Wildman–Crippen MR) is 142 cm³/mol. The maximum Gasteiger partial charge on any atom is 0.239 e. The molecule has 35 heavy (non-hydrogen) atoms. The lowest BCUT2D eigenvalue weighted by Crippen LogP contribution is -2.28. The number of hydrogen-bond acceptors (Lipinski definition) is 7. The highest BCUT2D eigenvalue weighted by Crippen LogP contribution is 2.32. The quantitative estimate of drug-likeness (QED) is 0.348. The van der Waals surface area contributed by atoms with Crippen molar-refractivity contribution in [1.29, 1.82) is 0 Å². The minimum Gasteiger partial charge on any atom is -0.493 e. The molecule has 1 aromatic carbocycles. The predicted octanol–water partition coefficient (Wildman–Crippen LogP) is 6.10. The molecule has 3 atom stereocenters. The van der Waals surface area contributed by atoms with Crippen molar-refractivity contribution in [3.8, 4) is 17.0 Å². The molecule has 8 nitrogen and oxygen atoms in total. The van der Waals surface area contributed by atoms with Gasteiger partial charge in [-0.15, -0.1) is 0 Å². The molecule has 1 aliphatic carbocycles. The Balaban J connectivity index is 0.00000167. The largest absolute Gasteiger partial charge is 0.493 e. The summed E-state index contributed by atoms with van der Waals surface area (Å²) in [6, 6.07) is 7.46. The summed E-state index contributed by atoms with van der Waals surface area (Å²) in [6.45, 7) is 10.2. The maximum atomic E-state index is 12.7. The number of nitrogens with one attached hydrogen (secondary N) is 2. The number of anilines is 2. The van der Waals surface area contributed by atoms with E-state index < -0.39 is 11.0 Å². The number of benzene rings is 1. The summed E-state index contributed by atoms with van der Waals surface area (Å²) in [5, 5.41) is 7.81. The number of aryl methyl sites for hydroxylation is 1. The van der Waals surface area contributed by atoms with E-state index in [1.807, 2.05) is 65.0 Å². The van der Waals surface area contributed by atoms with Crippen LogP contribution in [-0.2, 0) is 11.0 Å². The lowest BCUT2D eigenvalue weighted by Gasteiger charge is -2.23. The normalized spacial score (nSPS) is 17.8. The van der Waals surface area contributed by atoms with Gasteiger partial charge in [-0.2, -0.15) is 0 Å². The number of rotatable bonds is 8. The lowest BCUT2D eigenvalue weighted by molar-refractivity contribution is 0.341. The summed E-state index contributed by atoms with van der Waals surface area (Å²) in [5.41, 5.74) is 3.25. The number of nitrogens with zero attached hydrogens (tertiary/aromatic N) is 3. The molecule has 0 fully saturated rings. The second-order valence-corrected chi connectivity index (χ2v) is 9.58. The first-order chi connectivity index (χ1) is 16.9. The van der Waals surface area contributed by atoms with Crippen LogP contribution in [0.1, 0.15) is 44.9 Å². The number of halogens is 1. The van der Waals surface area contributed by atoms with Crippen LogP contribution in [0.2, 0.25) is 5.02 Å². The van der Waals surface area contributed by atoms with Crippen molar-refractivity contribution in [3.63, 3.8) is 0 Å². The van der Waals surface area contributed by atoms with E-state index in [1.165, 1.54) is 6.33 Å².